The fraction of sp³-hybridized carbons (Fsp3) is 0.0500. The van der Waals surface area contributed by atoms with Crippen LogP contribution >= 0.6 is 11.3 Å². The van der Waals surface area contributed by atoms with Gasteiger partial charge in [-0.15, -0.1) is 11.3 Å². The number of aromatic hydroxyl groups is 1. The summed E-state index contributed by atoms with van der Waals surface area (Å²) in [5.74, 6) is -0.873. The molecule has 0 saturated carbocycles. The quantitative estimate of drug-likeness (QED) is 0.535. The molecule has 0 unspecified atom stereocenters. The standard InChI is InChI=1S/C20H14FNO2S/c21-14-8-9-16-15(11-14)18(19(23)17-7-4-10-25-17)20(24)22(16)12-13-5-2-1-3-6-13/h1-11,24H,12H2. The van der Waals surface area contributed by atoms with Crippen molar-refractivity contribution in [3.63, 3.8) is 0 Å². The Labute approximate surface area is 147 Å². The van der Waals surface area contributed by atoms with Gasteiger partial charge < -0.3 is 9.67 Å². The molecule has 0 aliphatic rings. The number of halogens is 1. The predicted molar refractivity (Wildman–Crippen MR) is 96.9 cm³/mol. The number of benzene rings is 2. The first-order valence-corrected chi connectivity index (χ1v) is 8.66. The molecule has 1 N–H and O–H groups in total. The van der Waals surface area contributed by atoms with E-state index in [1.165, 1.54) is 23.5 Å². The van der Waals surface area contributed by atoms with Crippen molar-refractivity contribution in [3.8, 4) is 5.88 Å². The molecule has 0 aliphatic carbocycles. The number of carbonyl (C=O) groups is 1. The van der Waals surface area contributed by atoms with Gasteiger partial charge in [0.05, 0.1) is 22.5 Å². The van der Waals surface area contributed by atoms with E-state index in [1.54, 1.807) is 28.1 Å². The molecule has 2 aromatic carbocycles. The van der Waals surface area contributed by atoms with Crippen molar-refractivity contribution in [2.75, 3.05) is 0 Å². The molecule has 3 nitrogen and oxygen atoms in total. The predicted octanol–water partition coefficient (Wildman–Crippen LogP) is 4.83. The third-order valence-corrected chi connectivity index (χ3v) is 5.02. The number of carbonyl (C=O) groups excluding carboxylic acids is 1. The summed E-state index contributed by atoms with van der Waals surface area (Å²) in [5, 5.41) is 13.0. The lowest BCUT2D eigenvalue weighted by Crippen LogP contribution is -2.01. The molecular formula is C20H14FNO2S. The van der Waals surface area contributed by atoms with Gasteiger partial charge >= 0.3 is 0 Å². The topological polar surface area (TPSA) is 42.2 Å². The van der Waals surface area contributed by atoms with Crippen LogP contribution in [0.5, 0.6) is 5.88 Å². The van der Waals surface area contributed by atoms with E-state index in [4.69, 9.17) is 0 Å². The van der Waals surface area contributed by atoms with Crippen LogP contribution in [0.25, 0.3) is 10.9 Å². The molecular weight excluding hydrogens is 337 g/mol. The van der Waals surface area contributed by atoms with Crippen LogP contribution in [0.2, 0.25) is 0 Å². The van der Waals surface area contributed by atoms with Crippen LogP contribution in [0.15, 0.2) is 66.0 Å². The fourth-order valence-electron chi connectivity index (χ4n) is 2.99. The van der Waals surface area contributed by atoms with Crippen molar-refractivity contribution in [2.24, 2.45) is 0 Å². The van der Waals surface area contributed by atoms with Crippen molar-refractivity contribution in [2.45, 2.75) is 6.54 Å². The Morgan fingerprint density at radius 2 is 1.88 bits per heavy atom. The molecule has 0 saturated heterocycles. The van der Waals surface area contributed by atoms with E-state index in [-0.39, 0.29) is 17.2 Å². The lowest BCUT2D eigenvalue weighted by atomic mass is 10.1. The molecule has 0 amide bonds. The molecule has 5 heteroatoms. The number of thiophene rings is 1. The third kappa shape index (κ3) is 2.72. The Morgan fingerprint density at radius 3 is 2.60 bits per heavy atom. The van der Waals surface area contributed by atoms with Gasteiger partial charge in [-0.3, -0.25) is 4.79 Å². The van der Waals surface area contributed by atoms with Crippen LogP contribution in [-0.4, -0.2) is 15.5 Å². The van der Waals surface area contributed by atoms with Crippen molar-refractivity contribution in [3.05, 3.63) is 87.9 Å². The first kappa shape index (κ1) is 15.6. The van der Waals surface area contributed by atoms with Crippen LogP contribution in [0, 0.1) is 5.82 Å². The summed E-state index contributed by atoms with van der Waals surface area (Å²) in [6, 6.07) is 17.3. The second kappa shape index (κ2) is 6.18. The molecule has 2 aromatic heterocycles. The SMILES string of the molecule is O=C(c1cccs1)c1c(O)n(Cc2ccccc2)c2ccc(F)cc12. The van der Waals surface area contributed by atoms with Crippen LogP contribution in [0.3, 0.4) is 0 Å². The van der Waals surface area contributed by atoms with Gasteiger partial charge in [-0.2, -0.15) is 0 Å². The largest absolute Gasteiger partial charge is 0.494 e. The lowest BCUT2D eigenvalue weighted by molar-refractivity contribution is 0.104. The zero-order valence-corrected chi connectivity index (χ0v) is 14.0. The highest BCUT2D eigenvalue weighted by atomic mass is 32.1. The average Bonchev–Trinajstić information content (AvgIpc) is 3.23. The maximum Gasteiger partial charge on any atom is 0.208 e. The fourth-order valence-corrected chi connectivity index (χ4v) is 3.66. The van der Waals surface area contributed by atoms with Gasteiger partial charge in [0, 0.05) is 5.39 Å². The highest BCUT2D eigenvalue weighted by Crippen LogP contribution is 2.35. The van der Waals surface area contributed by atoms with Crippen molar-refractivity contribution >= 4 is 28.0 Å². The second-order valence-corrected chi connectivity index (χ2v) is 6.69. The number of ketones is 1. The van der Waals surface area contributed by atoms with E-state index in [0.717, 1.165) is 5.56 Å². The normalized spacial score (nSPS) is 11.1. The lowest BCUT2D eigenvalue weighted by Gasteiger charge is -2.07. The minimum absolute atomic E-state index is 0.136. The Morgan fingerprint density at radius 1 is 1.08 bits per heavy atom. The summed E-state index contributed by atoms with van der Waals surface area (Å²) in [6.07, 6.45) is 0. The maximum absolute atomic E-state index is 13.8. The molecule has 4 aromatic rings. The molecule has 0 bridgehead atoms. The van der Waals surface area contributed by atoms with Crippen LogP contribution in [0.4, 0.5) is 4.39 Å². The zero-order chi connectivity index (χ0) is 17.4. The average molecular weight is 351 g/mol. The van der Waals surface area contributed by atoms with Gasteiger partial charge in [-0.25, -0.2) is 4.39 Å². The molecule has 4 rings (SSSR count). The van der Waals surface area contributed by atoms with Gasteiger partial charge in [0.1, 0.15) is 5.82 Å². The Hall–Kier alpha value is -2.92. The van der Waals surface area contributed by atoms with Gasteiger partial charge in [-0.1, -0.05) is 36.4 Å². The number of hydrogen-bond acceptors (Lipinski definition) is 3. The monoisotopic (exact) mass is 351 g/mol. The molecule has 2 heterocycles. The maximum atomic E-state index is 13.8. The van der Waals surface area contributed by atoms with Crippen molar-refractivity contribution in [1.29, 1.82) is 0 Å². The van der Waals surface area contributed by atoms with Gasteiger partial charge in [-0.05, 0) is 35.2 Å². The molecule has 0 atom stereocenters. The first-order chi connectivity index (χ1) is 12.1. The van der Waals surface area contributed by atoms with E-state index >= 15 is 0 Å². The summed E-state index contributed by atoms with van der Waals surface area (Å²) >= 11 is 1.30. The minimum atomic E-state index is -0.440. The molecule has 0 radical (unpaired) electrons. The van der Waals surface area contributed by atoms with Crippen LogP contribution < -0.4 is 0 Å². The number of fused-ring (bicyclic) bond motifs is 1. The summed E-state index contributed by atoms with van der Waals surface area (Å²) in [4.78, 5) is 13.3. The first-order valence-electron chi connectivity index (χ1n) is 7.78. The van der Waals surface area contributed by atoms with Gasteiger partial charge in [0.2, 0.25) is 11.7 Å². The van der Waals surface area contributed by atoms with Gasteiger partial charge in [0.25, 0.3) is 0 Å². The summed E-state index contributed by atoms with van der Waals surface area (Å²) < 4.78 is 15.4. The molecule has 0 spiro atoms. The number of aromatic nitrogens is 1. The van der Waals surface area contributed by atoms with Crippen molar-refractivity contribution < 1.29 is 14.3 Å². The van der Waals surface area contributed by atoms with E-state index in [9.17, 15) is 14.3 Å². The van der Waals surface area contributed by atoms with Gasteiger partial charge in [0.15, 0.2) is 0 Å². The smallest absolute Gasteiger partial charge is 0.208 e. The summed E-state index contributed by atoms with van der Waals surface area (Å²) in [5.41, 5.74) is 1.75. The van der Waals surface area contributed by atoms with E-state index in [1.807, 2.05) is 30.3 Å². The zero-order valence-electron chi connectivity index (χ0n) is 13.1. The van der Waals surface area contributed by atoms with E-state index in [0.29, 0.717) is 22.3 Å². The second-order valence-electron chi connectivity index (χ2n) is 5.74. The number of hydrogen-bond donors (Lipinski definition) is 1. The Balaban J connectivity index is 1.92. The van der Waals surface area contributed by atoms with E-state index < -0.39 is 5.82 Å². The van der Waals surface area contributed by atoms with E-state index in [2.05, 4.69) is 0 Å². The summed E-state index contributed by atoms with van der Waals surface area (Å²) in [6.45, 7) is 0.395. The molecule has 124 valence electrons. The highest BCUT2D eigenvalue weighted by molar-refractivity contribution is 7.12. The summed E-state index contributed by atoms with van der Waals surface area (Å²) in [7, 11) is 0. The number of rotatable bonds is 4. The minimum Gasteiger partial charge on any atom is -0.494 e. The van der Waals surface area contributed by atoms with Crippen molar-refractivity contribution in [1.82, 2.24) is 4.57 Å². The Bertz CT molecular complexity index is 1050. The highest BCUT2D eigenvalue weighted by Gasteiger charge is 2.24. The third-order valence-electron chi connectivity index (χ3n) is 4.15. The molecule has 0 aliphatic heterocycles. The molecule has 0 fully saturated rings. The van der Waals surface area contributed by atoms with Crippen LogP contribution in [-0.2, 0) is 6.54 Å². The Kier molecular flexibility index (Phi) is 3.86. The molecule has 25 heavy (non-hydrogen) atoms. The van der Waals surface area contributed by atoms with Crippen LogP contribution in [0.1, 0.15) is 20.8 Å². The number of nitrogens with zero attached hydrogens (tertiary/aromatic N) is 1.